The van der Waals surface area contributed by atoms with Crippen molar-refractivity contribution in [3.8, 4) is 0 Å². The molecule has 1 N–H and O–H groups in total. The molecular weight excluding hydrogens is 358 g/mol. The van der Waals surface area contributed by atoms with Crippen molar-refractivity contribution in [1.82, 2.24) is 4.72 Å². The second-order valence-electron chi connectivity index (χ2n) is 5.73. The second-order valence-corrected chi connectivity index (χ2v) is 7.44. The predicted octanol–water partition coefficient (Wildman–Crippen LogP) is 2.52. The number of furan rings is 1. The topological polar surface area (TPSA) is 103 Å². The van der Waals surface area contributed by atoms with Gasteiger partial charge < -0.3 is 9.15 Å². The van der Waals surface area contributed by atoms with Gasteiger partial charge in [-0.25, -0.2) is 13.1 Å². The van der Waals surface area contributed by atoms with Gasteiger partial charge in [-0.15, -0.1) is 0 Å². The molecule has 2 aromatic rings. The van der Waals surface area contributed by atoms with Crippen LogP contribution in [0.1, 0.15) is 37.1 Å². The number of nitrogens with one attached hydrogen (secondary N) is 1. The average molecular weight is 379 g/mol. The summed E-state index contributed by atoms with van der Waals surface area (Å²) in [6.45, 7) is 3.67. The summed E-state index contributed by atoms with van der Waals surface area (Å²) in [5.41, 5.74) is 0.927. The minimum absolute atomic E-state index is 0.0810. The third-order valence-corrected chi connectivity index (χ3v) is 5.08. The Hall–Kier alpha value is -2.45. The van der Waals surface area contributed by atoms with Crippen molar-refractivity contribution in [1.29, 1.82) is 0 Å². The fraction of sp³-hybridized carbons (Fsp3) is 0.333. The van der Waals surface area contributed by atoms with E-state index in [-0.39, 0.29) is 23.7 Å². The van der Waals surface area contributed by atoms with Gasteiger partial charge in [-0.1, -0.05) is 17.7 Å². The Morgan fingerprint density at radius 3 is 2.46 bits per heavy atom. The molecule has 1 heterocycles. The number of rotatable bonds is 9. The first-order valence-electron chi connectivity index (χ1n) is 8.11. The van der Waals surface area contributed by atoms with Crippen LogP contribution < -0.4 is 4.72 Å². The molecule has 0 aliphatic heterocycles. The van der Waals surface area contributed by atoms with Crippen molar-refractivity contribution in [2.24, 2.45) is 0 Å². The molecule has 0 spiro atoms. The first-order valence-corrected chi connectivity index (χ1v) is 9.60. The Morgan fingerprint density at radius 2 is 1.88 bits per heavy atom. The zero-order valence-electron chi connectivity index (χ0n) is 14.6. The predicted molar refractivity (Wildman–Crippen MR) is 93.8 cm³/mol. The van der Waals surface area contributed by atoms with Gasteiger partial charge in [-0.2, -0.15) is 0 Å². The maximum absolute atomic E-state index is 12.6. The third kappa shape index (κ3) is 5.53. The lowest BCUT2D eigenvalue weighted by Gasteiger charge is -2.16. The first kappa shape index (κ1) is 19.9. The second kappa shape index (κ2) is 8.77. The molecule has 7 nitrogen and oxygen atoms in total. The van der Waals surface area contributed by atoms with E-state index >= 15 is 0 Å². The molecule has 0 aliphatic rings. The zero-order chi connectivity index (χ0) is 19.2. The third-order valence-electron chi connectivity index (χ3n) is 3.59. The summed E-state index contributed by atoms with van der Waals surface area (Å²) in [6.07, 6.45) is 0.743. The van der Waals surface area contributed by atoms with E-state index in [1.54, 1.807) is 31.2 Å². The monoisotopic (exact) mass is 379 g/mol. The van der Waals surface area contributed by atoms with Crippen LogP contribution in [0.2, 0.25) is 0 Å². The normalized spacial score (nSPS) is 12.5. The van der Waals surface area contributed by atoms with Crippen LogP contribution in [0.3, 0.4) is 0 Å². The van der Waals surface area contributed by atoms with Gasteiger partial charge in [0.2, 0.25) is 10.0 Å². The molecule has 140 valence electrons. The molecule has 0 aliphatic carbocycles. The van der Waals surface area contributed by atoms with Crippen molar-refractivity contribution in [3.63, 3.8) is 0 Å². The number of carbonyl (C=O) groups excluding carboxylic acids is 2. The van der Waals surface area contributed by atoms with Crippen molar-refractivity contribution < 1.29 is 27.2 Å². The fourth-order valence-corrected chi connectivity index (χ4v) is 3.54. The van der Waals surface area contributed by atoms with Crippen LogP contribution in [0, 0.1) is 6.92 Å². The van der Waals surface area contributed by atoms with Gasteiger partial charge in [-0.3, -0.25) is 9.59 Å². The molecule has 0 bridgehead atoms. The molecule has 8 heteroatoms. The van der Waals surface area contributed by atoms with Gasteiger partial charge in [-0.05, 0) is 38.1 Å². The van der Waals surface area contributed by atoms with Gasteiger partial charge in [0.05, 0.1) is 23.8 Å². The SMILES string of the molecule is CCOC(=O)CC(=O)CC(NS(=O)(=O)c1ccc(C)cc1)c1ccco1. The largest absolute Gasteiger partial charge is 0.468 e. The van der Waals surface area contributed by atoms with Crippen molar-refractivity contribution in [2.75, 3.05) is 6.61 Å². The average Bonchev–Trinajstić information content (AvgIpc) is 3.09. The molecular formula is C18H21NO6S. The van der Waals surface area contributed by atoms with E-state index < -0.39 is 34.2 Å². The van der Waals surface area contributed by atoms with E-state index in [1.807, 2.05) is 6.92 Å². The molecule has 0 amide bonds. The number of hydrogen-bond acceptors (Lipinski definition) is 6. The minimum Gasteiger partial charge on any atom is -0.468 e. The smallest absolute Gasteiger partial charge is 0.313 e. The lowest BCUT2D eigenvalue weighted by Crippen LogP contribution is -2.30. The number of benzene rings is 1. The highest BCUT2D eigenvalue weighted by molar-refractivity contribution is 7.89. The van der Waals surface area contributed by atoms with Crippen LogP contribution in [-0.4, -0.2) is 26.8 Å². The van der Waals surface area contributed by atoms with Gasteiger partial charge in [0.1, 0.15) is 18.0 Å². The number of sulfonamides is 1. The maximum atomic E-state index is 12.6. The molecule has 0 saturated heterocycles. The molecule has 0 radical (unpaired) electrons. The van der Waals surface area contributed by atoms with Gasteiger partial charge in [0.15, 0.2) is 0 Å². The number of ether oxygens (including phenoxy) is 1. The highest BCUT2D eigenvalue weighted by atomic mass is 32.2. The number of Topliss-reactive ketones (excluding diaryl/α,β-unsaturated/α-hetero) is 1. The van der Waals surface area contributed by atoms with Crippen molar-refractivity contribution in [2.45, 2.75) is 37.6 Å². The van der Waals surface area contributed by atoms with E-state index in [0.717, 1.165) is 5.56 Å². The molecule has 0 fully saturated rings. The molecule has 1 atom stereocenters. The van der Waals surface area contributed by atoms with Gasteiger partial charge in [0.25, 0.3) is 0 Å². The Kier molecular flexibility index (Phi) is 6.70. The minimum atomic E-state index is -3.87. The quantitative estimate of drug-likeness (QED) is 0.530. The Balaban J connectivity index is 2.16. The summed E-state index contributed by atoms with van der Waals surface area (Å²) in [4.78, 5) is 23.7. The van der Waals surface area contributed by atoms with Crippen LogP contribution in [0.15, 0.2) is 52.0 Å². The van der Waals surface area contributed by atoms with Crippen LogP contribution in [-0.2, 0) is 24.3 Å². The Bertz CT molecular complexity index is 840. The summed E-state index contributed by atoms with van der Waals surface area (Å²) >= 11 is 0. The van der Waals surface area contributed by atoms with Crippen molar-refractivity contribution in [3.05, 3.63) is 54.0 Å². The summed E-state index contributed by atoms with van der Waals surface area (Å²) in [6, 6.07) is 8.58. The zero-order valence-corrected chi connectivity index (χ0v) is 15.4. The molecule has 26 heavy (non-hydrogen) atoms. The van der Waals surface area contributed by atoms with E-state index in [2.05, 4.69) is 4.72 Å². The Morgan fingerprint density at radius 1 is 1.19 bits per heavy atom. The van der Waals surface area contributed by atoms with Crippen molar-refractivity contribution >= 4 is 21.8 Å². The molecule has 1 aromatic carbocycles. The van der Waals surface area contributed by atoms with E-state index in [4.69, 9.17) is 9.15 Å². The standard InChI is InChI=1S/C18H21NO6S/c1-3-24-18(21)12-14(20)11-16(17-5-4-10-25-17)19-26(22,23)15-8-6-13(2)7-9-15/h4-10,16,19H,3,11-12H2,1-2H3. The lowest BCUT2D eigenvalue weighted by molar-refractivity contribution is -0.145. The lowest BCUT2D eigenvalue weighted by atomic mass is 10.1. The fourth-order valence-electron chi connectivity index (χ4n) is 2.34. The van der Waals surface area contributed by atoms with Crippen LogP contribution in [0.25, 0.3) is 0 Å². The van der Waals surface area contributed by atoms with Gasteiger partial charge in [0, 0.05) is 6.42 Å². The molecule has 1 unspecified atom stereocenters. The van der Waals surface area contributed by atoms with Crippen LogP contribution >= 0.6 is 0 Å². The highest BCUT2D eigenvalue weighted by Gasteiger charge is 2.26. The summed E-state index contributed by atoms with van der Waals surface area (Å²) < 4.78 is 37.7. The van der Waals surface area contributed by atoms with Crippen LogP contribution in [0.4, 0.5) is 0 Å². The summed E-state index contributed by atoms with van der Waals surface area (Å²) in [7, 11) is -3.87. The molecule has 1 aromatic heterocycles. The first-order chi connectivity index (χ1) is 12.3. The number of carbonyl (C=O) groups is 2. The molecule has 0 saturated carbocycles. The molecule has 2 rings (SSSR count). The van der Waals surface area contributed by atoms with E-state index in [0.29, 0.717) is 0 Å². The number of esters is 1. The van der Waals surface area contributed by atoms with E-state index in [9.17, 15) is 18.0 Å². The number of ketones is 1. The maximum Gasteiger partial charge on any atom is 0.313 e. The number of hydrogen-bond donors (Lipinski definition) is 1. The summed E-state index contributed by atoms with van der Waals surface area (Å²) in [5.74, 6) is -0.800. The van der Waals surface area contributed by atoms with Crippen LogP contribution in [0.5, 0.6) is 0 Å². The van der Waals surface area contributed by atoms with Gasteiger partial charge >= 0.3 is 5.97 Å². The van der Waals surface area contributed by atoms with E-state index in [1.165, 1.54) is 18.4 Å². The highest BCUT2D eigenvalue weighted by Crippen LogP contribution is 2.22. The number of aryl methyl sites for hydroxylation is 1. The summed E-state index contributed by atoms with van der Waals surface area (Å²) in [5, 5.41) is 0. The Labute approximate surface area is 152 Å².